The molecule has 1 aromatic carbocycles. The van der Waals surface area contributed by atoms with Crippen LogP contribution < -0.4 is 11.1 Å². The minimum atomic E-state index is -0.647. The molecule has 2 rings (SSSR count). The first kappa shape index (κ1) is 11.4. The highest BCUT2D eigenvalue weighted by molar-refractivity contribution is 5.82. The third kappa shape index (κ3) is 2.95. The minimum Gasteiger partial charge on any atom is -0.467 e. The van der Waals surface area contributed by atoms with E-state index < -0.39 is 6.04 Å². The Morgan fingerprint density at radius 3 is 2.65 bits per heavy atom. The van der Waals surface area contributed by atoms with Crippen LogP contribution >= 0.6 is 0 Å². The van der Waals surface area contributed by atoms with Crippen LogP contribution in [0.1, 0.15) is 17.4 Å². The van der Waals surface area contributed by atoms with Crippen LogP contribution in [0.4, 0.5) is 0 Å². The fourth-order valence-corrected chi connectivity index (χ4v) is 1.51. The van der Waals surface area contributed by atoms with Gasteiger partial charge in [0.15, 0.2) is 0 Å². The predicted molar refractivity (Wildman–Crippen MR) is 63.9 cm³/mol. The molecule has 0 aliphatic heterocycles. The van der Waals surface area contributed by atoms with Crippen molar-refractivity contribution in [1.29, 1.82) is 0 Å². The summed E-state index contributed by atoms with van der Waals surface area (Å²) >= 11 is 0. The normalized spacial score (nSPS) is 12.1. The van der Waals surface area contributed by atoms with Crippen molar-refractivity contribution in [2.45, 2.75) is 12.6 Å². The van der Waals surface area contributed by atoms with Crippen molar-refractivity contribution in [3.8, 4) is 0 Å². The molecule has 0 aliphatic rings. The summed E-state index contributed by atoms with van der Waals surface area (Å²) in [5, 5.41) is 2.73. The van der Waals surface area contributed by atoms with E-state index in [-0.39, 0.29) is 5.91 Å². The summed E-state index contributed by atoms with van der Waals surface area (Å²) in [7, 11) is 0. The number of nitrogens with one attached hydrogen (secondary N) is 1. The fraction of sp³-hybridized carbons (Fsp3) is 0.154. The summed E-state index contributed by atoms with van der Waals surface area (Å²) in [5.74, 6) is 0.492. The van der Waals surface area contributed by atoms with Crippen LogP contribution in [-0.4, -0.2) is 5.91 Å². The van der Waals surface area contributed by atoms with Crippen LogP contribution in [0.5, 0.6) is 0 Å². The molecule has 0 saturated carbocycles. The SMILES string of the molecule is N[C@H](C(=O)NCc1ccco1)c1ccccc1. The molecule has 0 unspecified atom stereocenters. The van der Waals surface area contributed by atoms with Crippen molar-refractivity contribution in [3.63, 3.8) is 0 Å². The maximum absolute atomic E-state index is 11.8. The fourth-order valence-electron chi connectivity index (χ4n) is 1.51. The van der Waals surface area contributed by atoms with Gasteiger partial charge in [-0.25, -0.2) is 0 Å². The van der Waals surface area contributed by atoms with Crippen molar-refractivity contribution in [2.24, 2.45) is 5.73 Å². The molecule has 2 aromatic rings. The summed E-state index contributed by atoms with van der Waals surface area (Å²) in [6.45, 7) is 0.354. The second-order valence-corrected chi connectivity index (χ2v) is 3.69. The van der Waals surface area contributed by atoms with Crippen molar-refractivity contribution in [3.05, 3.63) is 60.1 Å². The highest BCUT2D eigenvalue weighted by Gasteiger charge is 2.14. The maximum atomic E-state index is 11.8. The first-order chi connectivity index (χ1) is 8.27. The summed E-state index contributed by atoms with van der Waals surface area (Å²) in [6, 6.07) is 12.2. The van der Waals surface area contributed by atoms with Gasteiger partial charge in [-0.05, 0) is 17.7 Å². The van der Waals surface area contributed by atoms with Crippen molar-refractivity contribution in [1.82, 2.24) is 5.32 Å². The van der Waals surface area contributed by atoms with Gasteiger partial charge in [0.25, 0.3) is 0 Å². The Balaban J connectivity index is 1.92. The molecular formula is C13H14N2O2. The predicted octanol–water partition coefficient (Wildman–Crippen LogP) is 1.60. The Bertz CT molecular complexity index is 465. The third-order valence-corrected chi connectivity index (χ3v) is 2.46. The number of carbonyl (C=O) groups excluding carboxylic acids is 1. The van der Waals surface area contributed by atoms with E-state index >= 15 is 0 Å². The van der Waals surface area contributed by atoms with E-state index in [1.54, 1.807) is 18.4 Å². The van der Waals surface area contributed by atoms with Crippen LogP contribution in [0.15, 0.2) is 53.1 Å². The van der Waals surface area contributed by atoms with Crippen LogP contribution in [0.25, 0.3) is 0 Å². The summed E-state index contributed by atoms with van der Waals surface area (Å²) < 4.78 is 5.11. The molecule has 3 N–H and O–H groups in total. The lowest BCUT2D eigenvalue weighted by Gasteiger charge is -2.11. The van der Waals surface area contributed by atoms with Gasteiger partial charge in [-0.15, -0.1) is 0 Å². The molecule has 1 amide bonds. The Labute approximate surface area is 99.4 Å². The Morgan fingerprint density at radius 1 is 1.24 bits per heavy atom. The van der Waals surface area contributed by atoms with Crippen molar-refractivity contribution >= 4 is 5.91 Å². The molecule has 0 bridgehead atoms. The van der Waals surface area contributed by atoms with E-state index in [1.807, 2.05) is 30.3 Å². The van der Waals surface area contributed by atoms with Gasteiger partial charge < -0.3 is 15.5 Å². The monoisotopic (exact) mass is 230 g/mol. The van der Waals surface area contributed by atoms with Gasteiger partial charge in [-0.1, -0.05) is 30.3 Å². The van der Waals surface area contributed by atoms with E-state index in [1.165, 1.54) is 0 Å². The van der Waals surface area contributed by atoms with E-state index in [0.29, 0.717) is 12.3 Å². The van der Waals surface area contributed by atoms with Gasteiger partial charge in [-0.3, -0.25) is 4.79 Å². The number of hydrogen-bond acceptors (Lipinski definition) is 3. The number of furan rings is 1. The molecule has 0 fully saturated rings. The minimum absolute atomic E-state index is 0.215. The largest absolute Gasteiger partial charge is 0.467 e. The topological polar surface area (TPSA) is 68.3 Å². The van der Waals surface area contributed by atoms with Gasteiger partial charge >= 0.3 is 0 Å². The molecule has 0 radical (unpaired) electrons. The number of amides is 1. The smallest absolute Gasteiger partial charge is 0.241 e. The number of hydrogen-bond donors (Lipinski definition) is 2. The lowest BCUT2D eigenvalue weighted by molar-refractivity contribution is -0.122. The summed E-state index contributed by atoms with van der Waals surface area (Å²) in [4.78, 5) is 11.8. The quantitative estimate of drug-likeness (QED) is 0.838. The second-order valence-electron chi connectivity index (χ2n) is 3.69. The Morgan fingerprint density at radius 2 is 2.00 bits per heavy atom. The van der Waals surface area contributed by atoms with Crippen LogP contribution in [0, 0.1) is 0 Å². The maximum Gasteiger partial charge on any atom is 0.241 e. The van der Waals surface area contributed by atoms with E-state index in [4.69, 9.17) is 10.2 Å². The molecule has 0 spiro atoms. The zero-order valence-corrected chi connectivity index (χ0v) is 9.30. The van der Waals surface area contributed by atoms with Crippen LogP contribution in [-0.2, 0) is 11.3 Å². The van der Waals surface area contributed by atoms with Gasteiger partial charge in [0, 0.05) is 0 Å². The molecule has 0 saturated heterocycles. The molecule has 4 nitrogen and oxygen atoms in total. The van der Waals surface area contributed by atoms with Crippen molar-refractivity contribution in [2.75, 3.05) is 0 Å². The summed E-state index contributed by atoms with van der Waals surface area (Å²) in [5.41, 5.74) is 6.63. The molecule has 88 valence electrons. The lowest BCUT2D eigenvalue weighted by atomic mass is 10.1. The first-order valence-electron chi connectivity index (χ1n) is 5.38. The number of benzene rings is 1. The third-order valence-electron chi connectivity index (χ3n) is 2.46. The highest BCUT2D eigenvalue weighted by Crippen LogP contribution is 2.09. The zero-order valence-electron chi connectivity index (χ0n) is 9.30. The molecule has 1 heterocycles. The molecule has 17 heavy (non-hydrogen) atoms. The molecule has 1 atom stereocenters. The molecule has 0 aliphatic carbocycles. The molecule has 1 aromatic heterocycles. The zero-order chi connectivity index (χ0) is 12.1. The van der Waals surface area contributed by atoms with Gasteiger partial charge in [0.2, 0.25) is 5.91 Å². The molecular weight excluding hydrogens is 216 g/mol. The number of carbonyl (C=O) groups is 1. The summed E-state index contributed by atoms with van der Waals surface area (Å²) in [6.07, 6.45) is 1.57. The Kier molecular flexibility index (Phi) is 3.57. The van der Waals surface area contributed by atoms with E-state index in [0.717, 1.165) is 5.56 Å². The average Bonchev–Trinajstić information content (AvgIpc) is 2.89. The second kappa shape index (κ2) is 5.32. The van der Waals surface area contributed by atoms with Gasteiger partial charge in [0.1, 0.15) is 11.8 Å². The highest BCUT2D eigenvalue weighted by atomic mass is 16.3. The number of nitrogens with two attached hydrogens (primary N) is 1. The van der Waals surface area contributed by atoms with E-state index in [9.17, 15) is 4.79 Å². The average molecular weight is 230 g/mol. The molecule has 4 heteroatoms. The van der Waals surface area contributed by atoms with Crippen LogP contribution in [0.3, 0.4) is 0 Å². The van der Waals surface area contributed by atoms with Gasteiger partial charge in [0.05, 0.1) is 12.8 Å². The number of rotatable bonds is 4. The standard InChI is InChI=1S/C13H14N2O2/c14-12(10-5-2-1-3-6-10)13(16)15-9-11-7-4-8-17-11/h1-8,12H,9,14H2,(H,15,16)/t12-/m0/s1. The van der Waals surface area contributed by atoms with Crippen molar-refractivity contribution < 1.29 is 9.21 Å². The lowest BCUT2D eigenvalue weighted by Crippen LogP contribution is -2.33. The first-order valence-corrected chi connectivity index (χ1v) is 5.38. The Hall–Kier alpha value is -2.07. The van der Waals surface area contributed by atoms with Gasteiger partial charge in [-0.2, -0.15) is 0 Å². The van der Waals surface area contributed by atoms with E-state index in [2.05, 4.69) is 5.32 Å². The van der Waals surface area contributed by atoms with Crippen LogP contribution in [0.2, 0.25) is 0 Å².